The molecule has 1 aliphatic rings. The molecule has 5 nitrogen and oxygen atoms in total. The van der Waals surface area contributed by atoms with Gasteiger partial charge in [-0.3, -0.25) is 0 Å². The van der Waals surface area contributed by atoms with E-state index in [0.29, 0.717) is 18.6 Å². The van der Waals surface area contributed by atoms with Crippen LogP contribution in [0.15, 0.2) is 29.7 Å². The number of nitrogens with two attached hydrogens (primary N) is 1. The minimum atomic E-state index is -3.77. The monoisotopic (exact) mass is 286 g/mol. The molecule has 3 N–H and O–H groups in total. The number of ether oxygens (including phenoxy) is 1. The first-order chi connectivity index (χ1) is 8.95. The van der Waals surface area contributed by atoms with Gasteiger partial charge in [-0.1, -0.05) is 6.08 Å². The van der Waals surface area contributed by atoms with Gasteiger partial charge in [0.1, 0.15) is 0 Å². The topological polar surface area (TPSA) is 81.4 Å². The lowest BCUT2D eigenvalue weighted by molar-refractivity contribution is 0.254. The highest BCUT2D eigenvalue weighted by molar-refractivity contribution is 7.89. The molecule has 1 aromatic rings. The fourth-order valence-corrected chi connectivity index (χ4v) is 2.91. The summed E-state index contributed by atoms with van der Waals surface area (Å²) in [5.74, 6) is -0.673. The second-order valence-electron chi connectivity index (χ2n) is 4.21. The van der Waals surface area contributed by atoms with Crippen LogP contribution >= 0.6 is 0 Å². The molecule has 0 fully saturated rings. The predicted octanol–water partition coefficient (Wildman–Crippen LogP) is 1.07. The van der Waals surface area contributed by atoms with E-state index < -0.39 is 21.9 Å². The molecular weight excluding hydrogens is 271 g/mol. The van der Waals surface area contributed by atoms with Crippen molar-refractivity contribution in [2.24, 2.45) is 5.73 Å². The number of halogens is 1. The Balaban J connectivity index is 2.46. The summed E-state index contributed by atoms with van der Waals surface area (Å²) in [4.78, 5) is -0.161. The molecule has 2 rings (SSSR count). The van der Waals surface area contributed by atoms with Crippen molar-refractivity contribution >= 4 is 10.0 Å². The first-order valence-electron chi connectivity index (χ1n) is 5.78. The SMILES string of the molecule is C=CCNS(=O)(=O)c1cc(F)c2c(c1)C(N)CCO2. The van der Waals surface area contributed by atoms with Gasteiger partial charge < -0.3 is 10.5 Å². The molecule has 1 aromatic carbocycles. The Bertz CT molecular complexity index is 601. The largest absolute Gasteiger partial charge is 0.490 e. The predicted molar refractivity (Wildman–Crippen MR) is 68.8 cm³/mol. The van der Waals surface area contributed by atoms with Gasteiger partial charge in [0, 0.05) is 24.6 Å². The Morgan fingerprint density at radius 2 is 2.32 bits per heavy atom. The average molecular weight is 286 g/mol. The quantitative estimate of drug-likeness (QED) is 0.811. The molecule has 0 spiro atoms. The van der Waals surface area contributed by atoms with Gasteiger partial charge in [-0.05, 0) is 12.1 Å². The summed E-state index contributed by atoms with van der Waals surface area (Å²) in [6, 6.07) is 1.86. The number of fused-ring (bicyclic) bond motifs is 1. The van der Waals surface area contributed by atoms with Gasteiger partial charge in [0.15, 0.2) is 11.6 Å². The van der Waals surface area contributed by atoms with Crippen LogP contribution in [0.4, 0.5) is 4.39 Å². The Morgan fingerprint density at radius 3 is 3.00 bits per heavy atom. The smallest absolute Gasteiger partial charge is 0.240 e. The minimum absolute atomic E-state index is 0.0430. The Morgan fingerprint density at radius 1 is 1.58 bits per heavy atom. The van der Waals surface area contributed by atoms with E-state index in [2.05, 4.69) is 11.3 Å². The highest BCUT2D eigenvalue weighted by atomic mass is 32.2. The van der Waals surface area contributed by atoms with Crippen LogP contribution in [0.5, 0.6) is 5.75 Å². The zero-order valence-corrected chi connectivity index (χ0v) is 11.0. The van der Waals surface area contributed by atoms with E-state index in [1.54, 1.807) is 0 Å². The molecular formula is C12H15FN2O3S. The highest BCUT2D eigenvalue weighted by Gasteiger charge is 2.25. The van der Waals surface area contributed by atoms with E-state index in [4.69, 9.17) is 10.5 Å². The van der Waals surface area contributed by atoms with Crippen molar-refractivity contribution in [3.05, 3.63) is 36.2 Å². The van der Waals surface area contributed by atoms with E-state index >= 15 is 0 Å². The van der Waals surface area contributed by atoms with Gasteiger partial charge in [-0.25, -0.2) is 17.5 Å². The summed E-state index contributed by atoms with van der Waals surface area (Å²) < 4.78 is 45.2. The van der Waals surface area contributed by atoms with Crippen LogP contribution in [0.1, 0.15) is 18.0 Å². The minimum Gasteiger partial charge on any atom is -0.490 e. The Hall–Kier alpha value is -1.44. The van der Waals surface area contributed by atoms with Crippen molar-refractivity contribution in [1.29, 1.82) is 0 Å². The third-order valence-electron chi connectivity index (χ3n) is 2.85. The third kappa shape index (κ3) is 2.78. The fourth-order valence-electron chi connectivity index (χ4n) is 1.87. The van der Waals surface area contributed by atoms with E-state index in [0.717, 1.165) is 6.07 Å². The maximum atomic E-state index is 13.9. The molecule has 19 heavy (non-hydrogen) atoms. The second kappa shape index (κ2) is 5.28. The average Bonchev–Trinajstić information content (AvgIpc) is 2.37. The highest BCUT2D eigenvalue weighted by Crippen LogP contribution is 2.34. The molecule has 7 heteroatoms. The van der Waals surface area contributed by atoms with Crippen molar-refractivity contribution in [3.8, 4) is 5.75 Å². The van der Waals surface area contributed by atoms with Gasteiger partial charge in [-0.15, -0.1) is 6.58 Å². The third-order valence-corrected chi connectivity index (χ3v) is 4.25. The number of rotatable bonds is 4. The van der Waals surface area contributed by atoms with E-state index in [1.165, 1.54) is 12.1 Å². The van der Waals surface area contributed by atoms with Gasteiger partial charge >= 0.3 is 0 Å². The van der Waals surface area contributed by atoms with Crippen LogP contribution in [0.2, 0.25) is 0 Å². The number of hydrogen-bond donors (Lipinski definition) is 2. The maximum Gasteiger partial charge on any atom is 0.240 e. The number of benzene rings is 1. The molecule has 1 unspecified atom stereocenters. The zero-order valence-electron chi connectivity index (χ0n) is 10.2. The van der Waals surface area contributed by atoms with Crippen molar-refractivity contribution in [3.63, 3.8) is 0 Å². The molecule has 0 bridgehead atoms. The molecule has 0 radical (unpaired) electrons. The first kappa shape index (κ1) is 14.0. The molecule has 104 valence electrons. The number of nitrogens with one attached hydrogen (secondary N) is 1. The van der Waals surface area contributed by atoms with Crippen molar-refractivity contribution in [2.45, 2.75) is 17.4 Å². The molecule has 1 aliphatic heterocycles. The molecule has 0 saturated heterocycles. The Labute approximate surface area is 111 Å². The fraction of sp³-hybridized carbons (Fsp3) is 0.333. The number of hydrogen-bond acceptors (Lipinski definition) is 4. The van der Waals surface area contributed by atoms with Crippen LogP contribution in [0.3, 0.4) is 0 Å². The van der Waals surface area contributed by atoms with Gasteiger partial charge in [0.05, 0.1) is 11.5 Å². The number of sulfonamides is 1. The lowest BCUT2D eigenvalue weighted by Crippen LogP contribution is -2.26. The van der Waals surface area contributed by atoms with Crippen molar-refractivity contribution in [2.75, 3.05) is 13.2 Å². The standard InChI is InChI=1S/C12H15FN2O3S/c1-2-4-15-19(16,17)8-6-9-11(14)3-5-18-12(9)10(13)7-8/h2,6-7,11,15H,1,3-5,14H2. The van der Waals surface area contributed by atoms with E-state index in [9.17, 15) is 12.8 Å². The molecule has 0 saturated carbocycles. The van der Waals surface area contributed by atoms with Crippen LogP contribution in [-0.2, 0) is 10.0 Å². The van der Waals surface area contributed by atoms with Crippen molar-refractivity contribution < 1.29 is 17.5 Å². The second-order valence-corrected chi connectivity index (χ2v) is 5.97. The van der Waals surface area contributed by atoms with E-state index in [1.807, 2.05) is 0 Å². The molecule has 0 aromatic heterocycles. The summed E-state index contributed by atoms with van der Waals surface area (Å²) in [7, 11) is -3.77. The zero-order chi connectivity index (χ0) is 14.0. The lowest BCUT2D eigenvalue weighted by atomic mass is 10.0. The van der Waals surface area contributed by atoms with Crippen LogP contribution in [0, 0.1) is 5.82 Å². The Kier molecular flexibility index (Phi) is 3.88. The molecule has 1 atom stereocenters. The lowest BCUT2D eigenvalue weighted by Gasteiger charge is -2.24. The van der Waals surface area contributed by atoms with Gasteiger partial charge in [-0.2, -0.15) is 0 Å². The molecule has 0 aliphatic carbocycles. The summed E-state index contributed by atoms with van der Waals surface area (Å²) >= 11 is 0. The summed E-state index contributed by atoms with van der Waals surface area (Å²) in [6.45, 7) is 3.81. The van der Waals surface area contributed by atoms with Crippen molar-refractivity contribution in [1.82, 2.24) is 4.72 Å². The normalized spacial score (nSPS) is 18.5. The van der Waals surface area contributed by atoms with Crippen LogP contribution in [0.25, 0.3) is 0 Å². The van der Waals surface area contributed by atoms with Crippen LogP contribution in [-0.4, -0.2) is 21.6 Å². The van der Waals surface area contributed by atoms with Crippen LogP contribution < -0.4 is 15.2 Å². The van der Waals surface area contributed by atoms with Gasteiger partial charge in [0.25, 0.3) is 0 Å². The first-order valence-corrected chi connectivity index (χ1v) is 7.26. The van der Waals surface area contributed by atoms with E-state index in [-0.39, 0.29) is 17.2 Å². The summed E-state index contributed by atoms with van der Waals surface area (Å²) in [5.41, 5.74) is 6.23. The van der Waals surface area contributed by atoms with Gasteiger partial charge in [0.2, 0.25) is 10.0 Å². The maximum absolute atomic E-state index is 13.9. The molecule has 0 amide bonds. The summed E-state index contributed by atoms with van der Waals surface area (Å²) in [5, 5.41) is 0. The summed E-state index contributed by atoms with van der Waals surface area (Å²) in [6.07, 6.45) is 1.93. The molecule has 1 heterocycles.